The highest BCUT2D eigenvalue weighted by Crippen LogP contribution is 2.23. The predicted octanol–water partition coefficient (Wildman–Crippen LogP) is 3.59. The molecule has 108 valence electrons. The van der Waals surface area contributed by atoms with Crippen molar-refractivity contribution in [3.8, 4) is 0 Å². The van der Waals surface area contributed by atoms with E-state index >= 15 is 0 Å². The molecule has 0 aliphatic heterocycles. The Morgan fingerprint density at radius 3 is 2.63 bits per heavy atom. The Hall–Kier alpha value is -1.16. The summed E-state index contributed by atoms with van der Waals surface area (Å²) >= 11 is 0. The van der Waals surface area contributed by atoms with Gasteiger partial charge in [0.1, 0.15) is 5.69 Å². The smallest absolute Gasteiger partial charge is 0.108 e. The number of aromatic nitrogens is 3. The molecule has 0 bridgehead atoms. The van der Waals surface area contributed by atoms with Crippen LogP contribution >= 0.6 is 0 Å². The van der Waals surface area contributed by atoms with Crippen molar-refractivity contribution < 1.29 is 4.74 Å². The maximum absolute atomic E-state index is 5.82. The molecular weight excluding hydrogens is 238 g/mol. The summed E-state index contributed by atoms with van der Waals surface area (Å²) in [6.07, 6.45) is 5.86. The van der Waals surface area contributed by atoms with Crippen LogP contribution in [0.25, 0.3) is 0 Å². The van der Waals surface area contributed by atoms with Crippen molar-refractivity contribution in [2.45, 2.75) is 66.2 Å². The summed E-state index contributed by atoms with van der Waals surface area (Å²) in [6.45, 7) is 15.8. The van der Waals surface area contributed by atoms with Crippen LogP contribution in [0.1, 0.15) is 53.2 Å². The molecule has 0 saturated carbocycles. The van der Waals surface area contributed by atoms with Crippen LogP contribution in [0.4, 0.5) is 0 Å². The van der Waals surface area contributed by atoms with Crippen molar-refractivity contribution in [1.29, 1.82) is 0 Å². The number of rotatable bonds is 8. The van der Waals surface area contributed by atoms with Crippen molar-refractivity contribution in [2.24, 2.45) is 5.41 Å². The van der Waals surface area contributed by atoms with Gasteiger partial charge in [0.2, 0.25) is 0 Å². The molecule has 19 heavy (non-hydrogen) atoms. The molecule has 0 aliphatic carbocycles. The molecule has 0 atom stereocenters. The van der Waals surface area contributed by atoms with Gasteiger partial charge in [-0.3, -0.25) is 4.68 Å². The number of allylic oxidation sites excluding steroid dienone is 1. The van der Waals surface area contributed by atoms with E-state index in [4.69, 9.17) is 4.74 Å². The Bertz CT molecular complexity index is 407. The van der Waals surface area contributed by atoms with Crippen molar-refractivity contribution in [1.82, 2.24) is 15.0 Å². The predicted molar refractivity (Wildman–Crippen MR) is 77.8 cm³/mol. The van der Waals surface area contributed by atoms with Crippen LogP contribution in [0.5, 0.6) is 0 Å². The van der Waals surface area contributed by atoms with Gasteiger partial charge in [-0.15, -0.1) is 11.7 Å². The highest BCUT2D eigenvalue weighted by Gasteiger charge is 2.19. The first-order chi connectivity index (χ1) is 8.78. The van der Waals surface area contributed by atoms with Crippen LogP contribution in [0, 0.1) is 5.41 Å². The number of ether oxygens (including phenoxy) is 1. The molecule has 0 radical (unpaired) electrons. The van der Waals surface area contributed by atoms with Gasteiger partial charge in [0, 0.05) is 6.54 Å². The lowest BCUT2D eigenvalue weighted by Gasteiger charge is -2.23. The van der Waals surface area contributed by atoms with Crippen LogP contribution in [-0.2, 0) is 17.9 Å². The van der Waals surface area contributed by atoms with E-state index in [1.54, 1.807) is 0 Å². The molecule has 0 saturated heterocycles. The minimum absolute atomic E-state index is 0.105. The Balaban J connectivity index is 2.55. The summed E-state index contributed by atoms with van der Waals surface area (Å²) < 4.78 is 7.71. The molecule has 0 N–H and O–H groups in total. The molecule has 0 aromatic carbocycles. The Kier molecular flexibility index (Phi) is 5.29. The van der Waals surface area contributed by atoms with Gasteiger partial charge >= 0.3 is 0 Å². The lowest BCUT2D eigenvalue weighted by atomic mass is 9.89. The molecule has 1 aromatic heterocycles. The highest BCUT2D eigenvalue weighted by atomic mass is 16.5. The average Bonchev–Trinajstić information content (AvgIpc) is 2.73. The Labute approximate surface area is 116 Å². The van der Waals surface area contributed by atoms with E-state index in [1.165, 1.54) is 0 Å². The minimum Gasteiger partial charge on any atom is -0.369 e. The number of hydrogen-bond donors (Lipinski definition) is 0. The van der Waals surface area contributed by atoms with Gasteiger partial charge in [0.05, 0.1) is 18.4 Å². The number of hydrogen-bond acceptors (Lipinski definition) is 3. The third-order valence-electron chi connectivity index (χ3n) is 3.34. The Morgan fingerprint density at radius 1 is 1.37 bits per heavy atom. The summed E-state index contributed by atoms with van der Waals surface area (Å²) in [4.78, 5) is 0. The molecule has 0 aliphatic rings. The summed E-state index contributed by atoms with van der Waals surface area (Å²) in [5.74, 6) is 0. The van der Waals surface area contributed by atoms with E-state index in [2.05, 4.69) is 51.5 Å². The third kappa shape index (κ3) is 5.55. The molecular formula is C15H27N3O. The molecule has 0 fully saturated rings. The van der Waals surface area contributed by atoms with Crippen molar-refractivity contribution in [2.75, 3.05) is 0 Å². The lowest BCUT2D eigenvalue weighted by molar-refractivity contribution is -0.0330. The molecule has 0 amide bonds. The molecule has 0 spiro atoms. The minimum atomic E-state index is -0.105. The fourth-order valence-corrected chi connectivity index (χ4v) is 1.75. The summed E-state index contributed by atoms with van der Waals surface area (Å²) in [6, 6.07) is 0. The SMILES string of the molecule is C=CCC(C)(C)Cn1cc(COC(C)(C)CC)nn1. The van der Waals surface area contributed by atoms with Gasteiger partial charge in [-0.25, -0.2) is 0 Å². The molecule has 0 unspecified atom stereocenters. The standard InChI is InChI=1S/C15H27N3O/c1-7-9-14(3,4)12-18-10-13(16-17-18)11-19-15(5,6)8-2/h7,10H,1,8-9,11-12H2,2-6H3. The lowest BCUT2D eigenvalue weighted by Crippen LogP contribution is -2.22. The summed E-state index contributed by atoms with van der Waals surface area (Å²) in [7, 11) is 0. The second kappa shape index (κ2) is 6.33. The highest BCUT2D eigenvalue weighted by molar-refractivity contribution is 4.91. The maximum Gasteiger partial charge on any atom is 0.108 e. The molecule has 4 heteroatoms. The zero-order chi connectivity index (χ0) is 14.5. The normalized spacial score (nSPS) is 12.7. The molecule has 1 aromatic rings. The third-order valence-corrected chi connectivity index (χ3v) is 3.34. The number of nitrogens with zero attached hydrogens (tertiary/aromatic N) is 3. The average molecular weight is 265 g/mol. The van der Waals surface area contributed by atoms with Gasteiger partial charge in [0.15, 0.2) is 0 Å². The fraction of sp³-hybridized carbons (Fsp3) is 0.733. The van der Waals surface area contributed by atoms with E-state index in [0.717, 1.165) is 25.1 Å². The first-order valence-corrected chi connectivity index (χ1v) is 6.92. The zero-order valence-electron chi connectivity index (χ0n) is 12.9. The fourth-order valence-electron chi connectivity index (χ4n) is 1.75. The monoisotopic (exact) mass is 265 g/mol. The maximum atomic E-state index is 5.82. The van der Waals surface area contributed by atoms with Crippen LogP contribution in [0.3, 0.4) is 0 Å². The van der Waals surface area contributed by atoms with Gasteiger partial charge in [-0.05, 0) is 32.1 Å². The zero-order valence-corrected chi connectivity index (χ0v) is 12.9. The van der Waals surface area contributed by atoms with Crippen molar-refractivity contribution in [3.63, 3.8) is 0 Å². The Morgan fingerprint density at radius 2 is 2.05 bits per heavy atom. The van der Waals surface area contributed by atoms with Crippen LogP contribution in [-0.4, -0.2) is 20.6 Å². The van der Waals surface area contributed by atoms with Gasteiger partial charge in [-0.1, -0.05) is 32.1 Å². The van der Waals surface area contributed by atoms with Gasteiger partial charge in [0.25, 0.3) is 0 Å². The topological polar surface area (TPSA) is 39.9 Å². The summed E-state index contributed by atoms with van der Waals surface area (Å²) in [5.41, 5.74) is 0.929. The quantitative estimate of drug-likeness (QED) is 0.674. The second-order valence-corrected chi connectivity index (χ2v) is 6.47. The largest absolute Gasteiger partial charge is 0.369 e. The second-order valence-electron chi connectivity index (χ2n) is 6.47. The van der Waals surface area contributed by atoms with E-state index < -0.39 is 0 Å². The van der Waals surface area contributed by atoms with E-state index in [0.29, 0.717) is 6.61 Å². The molecule has 4 nitrogen and oxygen atoms in total. The van der Waals surface area contributed by atoms with Gasteiger partial charge in [-0.2, -0.15) is 0 Å². The van der Waals surface area contributed by atoms with Gasteiger partial charge < -0.3 is 4.74 Å². The molecule has 1 rings (SSSR count). The van der Waals surface area contributed by atoms with Crippen molar-refractivity contribution in [3.05, 3.63) is 24.5 Å². The summed E-state index contributed by atoms with van der Waals surface area (Å²) in [5, 5.41) is 8.32. The van der Waals surface area contributed by atoms with Crippen LogP contribution in [0.15, 0.2) is 18.9 Å². The van der Waals surface area contributed by atoms with Crippen LogP contribution < -0.4 is 0 Å². The van der Waals surface area contributed by atoms with Crippen LogP contribution in [0.2, 0.25) is 0 Å². The van der Waals surface area contributed by atoms with E-state index in [1.807, 2.05) is 17.0 Å². The van der Waals surface area contributed by atoms with E-state index in [9.17, 15) is 0 Å². The van der Waals surface area contributed by atoms with E-state index in [-0.39, 0.29) is 11.0 Å². The first kappa shape index (κ1) is 15.9. The molecule has 1 heterocycles. The first-order valence-electron chi connectivity index (χ1n) is 6.92. The van der Waals surface area contributed by atoms with Crippen molar-refractivity contribution >= 4 is 0 Å².